The first-order valence-corrected chi connectivity index (χ1v) is 9.12. The molecule has 1 aromatic heterocycles. The van der Waals surface area contributed by atoms with Crippen molar-refractivity contribution in [1.82, 2.24) is 20.4 Å². The van der Waals surface area contributed by atoms with E-state index >= 15 is 0 Å². The topological polar surface area (TPSA) is 68.2 Å². The van der Waals surface area contributed by atoms with Crippen LogP contribution in [0.2, 0.25) is 0 Å². The lowest BCUT2D eigenvalue weighted by Gasteiger charge is -2.25. The van der Waals surface area contributed by atoms with E-state index in [1.54, 1.807) is 6.07 Å². The molecule has 0 saturated heterocycles. The molecule has 0 unspecified atom stereocenters. The van der Waals surface area contributed by atoms with Crippen molar-refractivity contribution in [2.24, 2.45) is 7.05 Å². The van der Waals surface area contributed by atoms with E-state index in [9.17, 15) is 9.18 Å². The van der Waals surface area contributed by atoms with Crippen LogP contribution in [0.25, 0.3) is 0 Å². The predicted octanol–water partition coefficient (Wildman–Crippen LogP) is 3.15. The summed E-state index contributed by atoms with van der Waals surface area (Å²) in [5.74, 6) is 0.315. The lowest BCUT2D eigenvalue weighted by Crippen LogP contribution is -2.40. The maximum Gasteiger partial charge on any atom is 0.315 e. The molecule has 0 radical (unpaired) electrons. The van der Waals surface area contributed by atoms with Gasteiger partial charge in [0.1, 0.15) is 11.6 Å². The van der Waals surface area contributed by atoms with Crippen LogP contribution in [0.3, 0.4) is 0 Å². The number of ether oxygens (including phenoxy) is 1. The first-order chi connectivity index (χ1) is 12.6. The number of hydrogen-bond donors (Lipinski definition) is 2. The van der Waals surface area contributed by atoms with E-state index in [0.717, 1.165) is 31.2 Å². The summed E-state index contributed by atoms with van der Waals surface area (Å²) >= 11 is 0. The second-order valence-corrected chi connectivity index (χ2v) is 6.96. The average molecular weight is 358 g/mol. The van der Waals surface area contributed by atoms with Gasteiger partial charge in [-0.3, -0.25) is 4.68 Å². The Kier molecular flexibility index (Phi) is 4.53. The summed E-state index contributed by atoms with van der Waals surface area (Å²) in [6, 6.07) is 3.92. The van der Waals surface area contributed by atoms with Crippen molar-refractivity contribution in [3.8, 4) is 5.75 Å². The normalized spacial score (nSPS) is 21.8. The van der Waals surface area contributed by atoms with Gasteiger partial charge in [-0.25, -0.2) is 9.18 Å². The zero-order valence-corrected chi connectivity index (χ0v) is 14.8. The number of nitrogens with zero attached hydrogens (tertiary/aromatic N) is 2. The van der Waals surface area contributed by atoms with E-state index in [1.807, 2.05) is 17.9 Å². The molecule has 1 aliphatic carbocycles. The number of aryl methyl sites for hydroxylation is 1. The number of carbonyl (C=O) groups excluding carboxylic acids is 1. The largest absolute Gasteiger partial charge is 0.493 e. The van der Waals surface area contributed by atoms with Crippen molar-refractivity contribution in [3.63, 3.8) is 0 Å². The van der Waals surface area contributed by atoms with Crippen LogP contribution in [0.4, 0.5) is 9.18 Å². The molecule has 2 aromatic rings. The van der Waals surface area contributed by atoms with E-state index in [1.165, 1.54) is 17.8 Å². The van der Waals surface area contributed by atoms with Gasteiger partial charge in [-0.1, -0.05) is 0 Å². The minimum Gasteiger partial charge on any atom is -0.493 e. The van der Waals surface area contributed by atoms with E-state index < -0.39 is 0 Å². The molecular weight excluding hydrogens is 335 g/mol. The average Bonchev–Trinajstić information content (AvgIpc) is 2.89. The fraction of sp³-hybridized carbons (Fsp3) is 0.474. The summed E-state index contributed by atoms with van der Waals surface area (Å²) in [7, 11) is 1.93. The Morgan fingerprint density at radius 1 is 1.23 bits per heavy atom. The number of rotatable bonds is 2. The van der Waals surface area contributed by atoms with Crippen molar-refractivity contribution < 1.29 is 13.9 Å². The number of urea groups is 1. The fourth-order valence-electron chi connectivity index (χ4n) is 3.91. The third-order valence-electron chi connectivity index (χ3n) is 5.23. The highest BCUT2D eigenvalue weighted by molar-refractivity contribution is 5.75. The van der Waals surface area contributed by atoms with Crippen LogP contribution in [0.15, 0.2) is 24.4 Å². The fourth-order valence-corrected chi connectivity index (χ4v) is 3.91. The summed E-state index contributed by atoms with van der Waals surface area (Å²) in [5, 5.41) is 10.4. The molecule has 2 aliphatic rings. The standard InChI is InChI=1S/C19H23FN4O2/c1-24-17-6-2-4-16(14(17)11-21-24)23-19(25)22-15-5-3-9-26-18-8-7-12(20)10-13(15)18/h7-8,10-11,15-16H,2-6,9H2,1H3,(H2,22,23,25)/t15-,16+/m1/s1. The number of carbonyl (C=O) groups is 1. The van der Waals surface area contributed by atoms with Gasteiger partial charge in [0.2, 0.25) is 0 Å². The van der Waals surface area contributed by atoms with Gasteiger partial charge in [0, 0.05) is 23.9 Å². The van der Waals surface area contributed by atoms with Crippen LogP contribution < -0.4 is 15.4 Å². The lowest BCUT2D eigenvalue weighted by atomic mass is 9.93. The molecule has 2 N–H and O–H groups in total. The number of nitrogens with one attached hydrogen (secondary N) is 2. The summed E-state index contributed by atoms with van der Waals surface area (Å²) in [4.78, 5) is 12.6. The van der Waals surface area contributed by atoms with Crippen LogP contribution in [-0.2, 0) is 13.5 Å². The molecular formula is C19H23FN4O2. The minimum absolute atomic E-state index is 0.0403. The van der Waals surface area contributed by atoms with Gasteiger partial charge < -0.3 is 15.4 Å². The van der Waals surface area contributed by atoms with Gasteiger partial charge in [0.15, 0.2) is 0 Å². The number of aromatic nitrogens is 2. The number of fused-ring (bicyclic) bond motifs is 2. The van der Waals surface area contributed by atoms with Crippen molar-refractivity contribution >= 4 is 6.03 Å². The van der Waals surface area contributed by atoms with Crippen LogP contribution in [0.5, 0.6) is 5.75 Å². The first kappa shape index (κ1) is 16.9. The summed E-state index contributed by atoms with van der Waals surface area (Å²) < 4.78 is 21.2. The smallest absolute Gasteiger partial charge is 0.315 e. The molecule has 4 rings (SSSR count). The Morgan fingerprint density at radius 3 is 2.85 bits per heavy atom. The maximum atomic E-state index is 13.7. The summed E-state index contributed by atoms with van der Waals surface area (Å²) in [5.41, 5.74) is 2.96. The van der Waals surface area contributed by atoms with E-state index in [2.05, 4.69) is 15.7 Å². The molecule has 26 heavy (non-hydrogen) atoms. The maximum absolute atomic E-state index is 13.7. The van der Waals surface area contributed by atoms with Gasteiger partial charge in [0.05, 0.1) is 24.9 Å². The Balaban J connectivity index is 1.48. The lowest BCUT2D eigenvalue weighted by molar-refractivity contribution is 0.230. The van der Waals surface area contributed by atoms with Gasteiger partial charge in [-0.2, -0.15) is 5.10 Å². The number of halogens is 1. The SMILES string of the molecule is Cn1ncc2c1CCC[C@@H]2NC(=O)N[C@@H]1CCCOc2ccc(F)cc21. The van der Waals surface area contributed by atoms with Gasteiger partial charge in [-0.05, 0) is 50.3 Å². The van der Waals surface area contributed by atoms with Crippen LogP contribution >= 0.6 is 0 Å². The highest BCUT2D eigenvalue weighted by Gasteiger charge is 2.27. The third-order valence-corrected chi connectivity index (χ3v) is 5.23. The van der Waals surface area contributed by atoms with Crippen molar-refractivity contribution in [2.75, 3.05) is 6.61 Å². The number of benzene rings is 1. The van der Waals surface area contributed by atoms with Crippen LogP contribution in [0.1, 0.15) is 54.6 Å². The molecule has 1 aliphatic heterocycles. The Morgan fingerprint density at radius 2 is 2.00 bits per heavy atom. The molecule has 2 atom stereocenters. The number of amides is 2. The van der Waals surface area contributed by atoms with Crippen LogP contribution in [-0.4, -0.2) is 22.4 Å². The zero-order valence-electron chi connectivity index (χ0n) is 14.8. The van der Waals surface area contributed by atoms with E-state index in [4.69, 9.17) is 4.74 Å². The van der Waals surface area contributed by atoms with Gasteiger partial charge in [-0.15, -0.1) is 0 Å². The molecule has 7 heteroatoms. The van der Waals surface area contributed by atoms with Crippen molar-refractivity contribution in [1.29, 1.82) is 0 Å². The van der Waals surface area contributed by atoms with Gasteiger partial charge in [0.25, 0.3) is 0 Å². The molecule has 2 heterocycles. The van der Waals surface area contributed by atoms with Crippen LogP contribution in [0, 0.1) is 5.82 Å². The summed E-state index contributed by atoms with van der Waals surface area (Å²) in [6.07, 6.45) is 6.25. The molecule has 2 amide bonds. The second kappa shape index (κ2) is 6.97. The molecule has 0 saturated carbocycles. The Hall–Kier alpha value is -2.57. The predicted molar refractivity (Wildman–Crippen MR) is 94.4 cm³/mol. The summed E-state index contributed by atoms with van der Waals surface area (Å²) in [6.45, 7) is 0.570. The molecule has 138 valence electrons. The highest BCUT2D eigenvalue weighted by atomic mass is 19.1. The Labute approximate surface area is 151 Å². The second-order valence-electron chi connectivity index (χ2n) is 6.96. The molecule has 6 nitrogen and oxygen atoms in total. The van der Waals surface area contributed by atoms with Crippen molar-refractivity contribution in [3.05, 3.63) is 47.0 Å². The molecule has 0 bridgehead atoms. The Bertz CT molecular complexity index is 820. The van der Waals surface area contributed by atoms with E-state index in [0.29, 0.717) is 24.3 Å². The molecule has 1 aromatic carbocycles. The first-order valence-electron chi connectivity index (χ1n) is 9.12. The van der Waals surface area contributed by atoms with Crippen molar-refractivity contribution in [2.45, 2.75) is 44.2 Å². The van der Waals surface area contributed by atoms with E-state index in [-0.39, 0.29) is 23.9 Å². The number of hydrogen-bond acceptors (Lipinski definition) is 3. The molecule has 0 fully saturated rings. The monoisotopic (exact) mass is 358 g/mol. The molecule has 0 spiro atoms. The minimum atomic E-state index is -0.325. The zero-order chi connectivity index (χ0) is 18.1. The third kappa shape index (κ3) is 3.25. The van der Waals surface area contributed by atoms with Gasteiger partial charge >= 0.3 is 6.03 Å². The highest BCUT2D eigenvalue weighted by Crippen LogP contribution is 2.33. The quantitative estimate of drug-likeness (QED) is 0.867.